The second kappa shape index (κ2) is 11.5. The van der Waals surface area contributed by atoms with E-state index in [0.29, 0.717) is 12.2 Å². The summed E-state index contributed by atoms with van der Waals surface area (Å²) in [5.41, 5.74) is 10.2. The van der Waals surface area contributed by atoms with Gasteiger partial charge in [0.1, 0.15) is 5.75 Å². The van der Waals surface area contributed by atoms with E-state index in [1.54, 1.807) is 7.11 Å². The maximum atomic E-state index is 12.2. The third-order valence-corrected chi connectivity index (χ3v) is 8.42. The van der Waals surface area contributed by atoms with Gasteiger partial charge in [-0.15, -0.1) is 0 Å². The molecule has 1 aliphatic rings. The molecule has 0 aliphatic heterocycles. The second-order valence-corrected chi connectivity index (χ2v) is 12.1. The van der Waals surface area contributed by atoms with Crippen molar-refractivity contribution in [2.45, 2.75) is 58.3 Å². The summed E-state index contributed by atoms with van der Waals surface area (Å²) in [6, 6.07) is 29.3. The van der Waals surface area contributed by atoms with Gasteiger partial charge in [0.2, 0.25) is 0 Å². The van der Waals surface area contributed by atoms with Gasteiger partial charge in [0.05, 0.1) is 12.2 Å². The molecule has 0 bridgehead atoms. The van der Waals surface area contributed by atoms with Crippen molar-refractivity contribution >= 4 is 5.97 Å². The van der Waals surface area contributed by atoms with Gasteiger partial charge in [-0.3, -0.25) is 0 Å². The molecule has 4 aromatic rings. The molecule has 0 N–H and O–H groups in total. The first-order chi connectivity index (χ1) is 19.6. The molecule has 0 fully saturated rings. The Balaban J connectivity index is 1.67. The fourth-order valence-corrected chi connectivity index (χ4v) is 5.90. The molecule has 0 amide bonds. The number of ether oxygens (including phenoxy) is 3. The Morgan fingerprint density at radius 2 is 1.37 bits per heavy atom. The van der Waals surface area contributed by atoms with Crippen LogP contribution in [0.1, 0.15) is 68.9 Å². The van der Waals surface area contributed by atoms with Crippen LogP contribution in [0.4, 0.5) is 0 Å². The largest absolute Gasteiger partial charge is 0.467 e. The van der Waals surface area contributed by atoms with E-state index in [9.17, 15) is 4.79 Å². The highest BCUT2D eigenvalue weighted by Crippen LogP contribution is 2.48. The van der Waals surface area contributed by atoms with Crippen molar-refractivity contribution in [3.63, 3.8) is 0 Å². The van der Waals surface area contributed by atoms with E-state index in [2.05, 4.69) is 70.2 Å². The van der Waals surface area contributed by atoms with Crippen molar-refractivity contribution < 1.29 is 19.0 Å². The number of fused-ring (bicyclic) bond motifs is 1. The molecular formula is C37H40O4. The van der Waals surface area contributed by atoms with Crippen LogP contribution in [0.2, 0.25) is 0 Å². The van der Waals surface area contributed by atoms with Crippen molar-refractivity contribution in [2.75, 3.05) is 20.5 Å². The lowest BCUT2D eigenvalue weighted by molar-refractivity contribution is 0.0514. The topological polar surface area (TPSA) is 44.8 Å². The molecule has 212 valence electrons. The van der Waals surface area contributed by atoms with Gasteiger partial charge in [0.15, 0.2) is 6.79 Å². The highest BCUT2D eigenvalue weighted by atomic mass is 16.7. The van der Waals surface area contributed by atoms with Crippen LogP contribution in [0, 0.1) is 0 Å². The van der Waals surface area contributed by atoms with Crippen LogP contribution >= 0.6 is 0 Å². The number of esters is 1. The van der Waals surface area contributed by atoms with Crippen LogP contribution in [0.3, 0.4) is 0 Å². The van der Waals surface area contributed by atoms with Gasteiger partial charge in [-0.05, 0) is 93.8 Å². The fraction of sp³-hybridized carbons (Fsp3) is 0.324. The summed E-state index contributed by atoms with van der Waals surface area (Å²) in [7, 11) is 1.63. The summed E-state index contributed by atoms with van der Waals surface area (Å²) < 4.78 is 16.4. The zero-order chi connectivity index (χ0) is 29.2. The molecule has 0 aromatic heterocycles. The van der Waals surface area contributed by atoms with E-state index in [0.717, 1.165) is 40.0 Å². The number of hydrogen-bond donors (Lipinski definition) is 0. The monoisotopic (exact) mass is 548 g/mol. The lowest BCUT2D eigenvalue weighted by atomic mass is 9.63. The molecule has 0 heterocycles. The highest BCUT2D eigenvalue weighted by Gasteiger charge is 2.37. The predicted molar refractivity (Wildman–Crippen MR) is 166 cm³/mol. The lowest BCUT2D eigenvalue weighted by Crippen LogP contribution is -2.33. The summed E-state index contributed by atoms with van der Waals surface area (Å²) in [5, 5.41) is 0. The molecule has 4 aromatic carbocycles. The van der Waals surface area contributed by atoms with E-state index in [-0.39, 0.29) is 23.6 Å². The molecule has 1 aliphatic carbocycles. The van der Waals surface area contributed by atoms with E-state index >= 15 is 0 Å². The zero-order valence-corrected chi connectivity index (χ0v) is 25.0. The average Bonchev–Trinajstić information content (AvgIpc) is 2.98. The number of benzene rings is 4. The quantitative estimate of drug-likeness (QED) is 0.163. The minimum Gasteiger partial charge on any atom is -0.467 e. The van der Waals surface area contributed by atoms with E-state index in [4.69, 9.17) is 14.2 Å². The number of para-hydroxylation sites is 1. The molecule has 0 unspecified atom stereocenters. The molecule has 5 rings (SSSR count). The molecule has 4 heteroatoms. The van der Waals surface area contributed by atoms with E-state index in [1.165, 1.54) is 23.1 Å². The Morgan fingerprint density at radius 1 is 0.707 bits per heavy atom. The molecular weight excluding hydrogens is 508 g/mol. The van der Waals surface area contributed by atoms with Gasteiger partial charge >= 0.3 is 5.97 Å². The predicted octanol–water partition coefficient (Wildman–Crippen LogP) is 9.20. The van der Waals surface area contributed by atoms with Crippen LogP contribution in [0.15, 0.2) is 84.9 Å². The first kappa shape index (κ1) is 28.6. The minimum absolute atomic E-state index is 0.0983. The number of rotatable bonds is 8. The van der Waals surface area contributed by atoms with Crippen molar-refractivity contribution in [2.24, 2.45) is 0 Å². The van der Waals surface area contributed by atoms with Crippen LogP contribution < -0.4 is 4.74 Å². The molecule has 0 spiro atoms. The van der Waals surface area contributed by atoms with Crippen LogP contribution in [-0.4, -0.2) is 26.5 Å². The average molecular weight is 549 g/mol. The fourth-order valence-electron chi connectivity index (χ4n) is 5.90. The Kier molecular flexibility index (Phi) is 8.06. The van der Waals surface area contributed by atoms with Gasteiger partial charge in [0.25, 0.3) is 0 Å². The number of methoxy groups -OCH3 is 1. The highest BCUT2D eigenvalue weighted by molar-refractivity contribution is 5.91. The van der Waals surface area contributed by atoms with E-state index in [1.807, 2.05) is 49.4 Å². The van der Waals surface area contributed by atoms with Gasteiger partial charge in [-0.2, -0.15) is 0 Å². The maximum absolute atomic E-state index is 12.2. The van der Waals surface area contributed by atoms with Crippen molar-refractivity contribution in [1.82, 2.24) is 0 Å². The zero-order valence-electron chi connectivity index (χ0n) is 25.0. The summed E-state index contributed by atoms with van der Waals surface area (Å²) in [5.74, 6) is 0.476. The summed E-state index contributed by atoms with van der Waals surface area (Å²) in [6.07, 6.45) is 2.34. The van der Waals surface area contributed by atoms with Crippen molar-refractivity contribution in [3.8, 4) is 39.1 Å². The van der Waals surface area contributed by atoms with Crippen molar-refractivity contribution in [1.29, 1.82) is 0 Å². The first-order valence-corrected chi connectivity index (χ1v) is 14.4. The molecule has 0 saturated heterocycles. The van der Waals surface area contributed by atoms with Crippen LogP contribution in [0.25, 0.3) is 33.4 Å². The number of carbonyl (C=O) groups excluding carboxylic acids is 1. The minimum atomic E-state index is -0.303. The SMILES string of the molecule is CCOC(=O)c1ccc(-c2ccc(-c3ccccc3OCOC)c(-c3ccc4c(c3)C(C)(C)CCC4(C)C)c2)cc1. The molecule has 41 heavy (non-hydrogen) atoms. The number of hydrogen-bond acceptors (Lipinski definition) is 4. The maximum Gasteiger partial charge on any atom is 0.338 e. The molecule has 4 nitrogen and oxygen atoms in total. The van der Waals surface area contributed by atoms with Gasteiger partial charge in [0, 0.05) is 12.7 Å². The van der Waals surface area contributed by atoms with Gasteiger partial charge in [-0.25, -0.2) is 4.79 Å². The Bertz CT molecular complexity index is 1550. The smallest absolute Gasteiger partial charge is 0.338 e. The van der Waals surface area contributed by atoms with Gasteiger partial charge in [-0.1, -0.05) is 88.4 Å². The first-order valence-electron chi connectivity index (χ1n) is 14.4. The number of carbonyl (C=O) groups is 1. The summed E-state index contributed by atoms with van der Waals surface area (Å²) in [6.45, 7) is 11.8. The second-order valence-electron chi connectivity index (χ2n) is 12.1. The van der Waals surface area contributed by atoms with Crippen LogP contribution in [0.5, 0.6) is 5.75 Å². The molecule has 0 saturated carbocycles. The Hall–Kier alpha value is -3.89. The Labute approximate surface area is 244 Å². The third-order valence-electron chi connectivity index (χ3n) is 8.42. The molecule has 0 radical (unpaired) electrons. The van der Waals surface area contributed by atoms with Crippen LogP contribution in [-0.2, 0) is 20.3 Å². The summed E-state index contributed by atoms with van der Waals surface area (Å²) in [4.78, 5) is 12.2. The summed E-state index contributed by atoms with van der Waals surface area (Å²) >= 11 is 0. The Morgan fingerprint density at radius 3 is 2.07 bits per heavy atom. The van der Waals surface area contributed by atoms with E-state index < -0.39 is 0 Å². The normalized spacial score (nSPS) is 15.2. The standard InChI is InChI=1S/C37H40O4/c1-7-40-35(38)26-14-12-25(13-15-26)27-16-18-29(30-10-8-9-11-34(30)41-24-39-6)31(22-27)28-17-19-32-33(23-28)37(4,5)21-20-36(32,2)3/h8-19,22-23H,7,20-21,24H2,1-6H3. The lowest BCUT2D eigenvalue weighted by Gasteiger charge is -2.42. The van der Waals surface area contributed by atoms with Crippen molar-refractivity contribution in [3.05, 3.63) is 102 Å². The third kappa shape index (κ3) is 5.80. The molecule has 0 atom stereocenters. The van der Waals surface area contributed by atoms with Gasteiger partial charge < -0.3 is 14.2 Å².